The number of para-hydroxylation sites is 3. The lowest BCUT2D eigenvalue weighted by atomic mass is 10.2. The third kappa shape index (κ3) is 5.84. The summed E-state index contributed by atoms with van der Waals surface area (Å²) in [7, 11) is 4.86. The van der Waals surface area contributed by atoms with E-state index < -0.39 is 6.10 Å². The number of anilines is 1. The summed E-state index contributed by atoms with van der Waals surface area (Å²) in [5.41, 5.74) is 1.11. The Kier molecular flexibility index (Phi) is 9.36. The van der Waals surface area contributed by atoms with Crippen molar-refractivity contribution < 1.29 is 24.1 Å². The molecule has 0 saturated carbocycles. The van der Waals surface area contributed by atoms with E-state index in [9.17, 15) is 5.11 Å². The van der Waals surface area contributed by atoms with E-state index in [-0.39, 0.29) is 19.0 Å². The summed E-state index contributed by atoms with van der Waals surface area (Å²) in [5.74, 6) is 2.57. The van der Waals surface area contributed by atoms with Crippen LogP contribution in [0.5, 0.6) is 23.0 Å². The van der Waals surface area contributed by atoms with Crippen molar-refractivity contribution in [2.24, 2.45) is 0 Å². The van der Waals surface area contributed by atoms with Crippen molar-refractivity contribution in [3.63, 3.8) is 0 Å². The topological polar surface area (TPSA) is 63.6 Å². The Labute approximate surface area is 184 Å². The van der Waals surface area contributed by atoms with E-state index in [1.165, 1.54) is 0 Å². The number of hydrogen-bond acceptors (Lipinski definition) is 7. The van der Waals surface area contributed by atoms with Crippen LogP contribution in [-0.2, 0) is 0 Å². The smallest absolute Gasteiger partial charge is 0.203 e. The standard InChI is InChI=1S/C22H30N2O5.ClH/c1-26-19-8-5-4-7-18(19)24-13-11-23(12-14-24)15-17(25)16-29-22-20(27-2)9-6-10-21(22)28-3;/h4-10,17,25H,11-16H2,1-3H3;1H. The molecule has 1 unspecified atom stereocenters. The lowest BCUT2D eigenvalue weighted by Gasteiger charge is -2.37. The molecule has 0 amide bonds. The zero-order valence-electron chi connectivity index (χ0n) is 17.7. The van der Waals surface area contributed by atoms with Gasteiger partial charge < -0.3 is 29.0 Å². The predicted octanol–water partition coefficient (Wildman–Crippen LogP) is 2.70. The number of piperazine rings is 1. The van der Waals surface area contributed by atoms with Crippen LogP contribution in [0.4, 0.5) is 5.69 Å². The average Bonchev–Trinajstić information content (AvgIpc) is 2.77. The predicted molar refractivity (Wildman–Crippen MR) is 120 cm³/mol. The summed E-state index contributed by atoms with van der Waals surface area (Å²) in [5, 5.41) is 10.5. The van der Waals surface area contributed by atoms with Gasteiger partial charge in [-0.15, -0.1) is 12.4 Å². The Morgan fingerprint density at radius 1 is 0.833 bits per heavy atom. The first-order valence-corrected chi connectivity index (χ1v) is 9.78. The van der Waals surface area contributed by atoms with Crippen molar-refractivity contribution in [2.75, 3.05) is 65.6 Å². The van der Waals surface area contributed by atoms with E-state index in [4.69, 9.17) is 18.9 Å². The molecule has 8 heteroatoms. The van der Waals surface area contributed by atoms with E-state index >= 15 is 0 Å². The van der Waals surface area contributed by atoms with E-state index in [1.807, 2.05) is 24.3 Å². The van der Waals surface area contributed by atoms with Gasteiger partial charge in [0.15, 0.2) is 11.5 Å². The molecule has 1 heterocycles. The Morgan fingerprint density at radius 2 is 1.40 bits per heavy atom. The monoisotopic (exact) mass is 438 g/mol. The van der Waals surface area contributed by atoms with Crippen molar-refractivity contribution >= 4 is 18.1 Å². The molecule has 1 N–H and O–H groups in total. The maximum atomic E-state index is 10.5. The molecular formula is C22H31ClN2O5. The molecular weight excluding hydrogens is 408 g/mol. The van der Waals surface area contributed by atoms with Crippen molar-refractivity contribution in [1.82, 2.24) is 4.90 Å². The number of halogens is 1. The lowest BCUT2D eigenvalue weighted by molar-refractivity contribution is 0.0643. The summed E-state index contributed by atoms with van der Waals surface area (Å²) in [6, 6.07) is 13.5. The van der Waals surface area contributed by atoms with Gasteiger partial charge in [0, 0.05) is 32.7 Å². The largest absolute Gasteiger partial charge is 0.495 e. The van der Waals surface area contributed by atoms with Gasteiger partial charge in [-0.25, -0.2) is 0 Å². The Hall–Kier alpha value is -2.35. The second-order valence-corrected chi connectivity index (χ2v) is 6.92. The van der Waals surface area contributed by atoms with Crippen LogP contribution in [0.1, 0.15) is 0 Å². The molecule has 2 aromatic carbocycles. The van der Waals surface area contributed by atoms with Gasteiger partial charge in [0.1, 0.15) is 18.5 Å². The molecule has 0 aromatic heterocycles. The van der Waals surface area contributed by atoms with E-state index in [1.54, 1.807) is 33.5 Å². The van der Waals surface area contributed by atoms with E-state index in [0.717, 1.165) is 37.6 Å². The highest BCUT2D eigenvalue weighted by atomic mass is 35.5. The number of ether oxygens (including phenoxy) is 4. The molecule has 166 valence electrons. The summed E-state index contributed by atoms with van der Waals surface area (Å²) < 4.78 is 21.9. The third-order valence-electron chi connectivity index (χ3n) is 5.07. The van der Waals surface area contributed by atoms with Gasteiger partial charge >= 0.3 is 0 Å². The summed E-state index contributed by atoms with van der Waals surface area (Å²) >= 11 is 0. The van der Waals surface area contributed by atoms with Crippen molar-refractivity contribution in [3.8, 4) is 23.0 Å². The molecule has 1 aliphatic rings. The number of aliphatic hydroxyl groups excluding tert-OH is 1. The molecule has 0 radical (unpaired) electrons. The fourth-order valence-electron chi connectivity index (χ4n) is 3.55. The summed E-state index contributed by atoms with van der Waals surface area (Å²) in [4.78, 5) is 4.57. The minimum atomic E-state index is -0.609. The van der Waals surface area contributed by atoms with Gasteiger partial charge in [-0.2, -0.15) is 0 Å². The van der Waals surface area contributed by atoms with Gasteiger partial charge in [0.2, 0.25) is 5.75 Å². The molecule has 7 nitrogen and oxygen atoms in total. The van der Waals surface area contributed by atoms with Crippen LogP contribution in [0.25, 0.3) is 0 Å². The van der Waals surface area contributed by atoms with Gasteiger partial charge in [-0.1, -0.05) is 18.2 Å². The molecule has 1 atom stereocenters. The van der Waals surface area contributed by atoms with Crippen LogP contribution in [0.3, 0.4) is 0 Å². The normalized spacial score (nSPS) is 15.1. The fraction of sp³-hybridized carbons (Fsp3) is 0.455. The first-order valence-electron chi connectivity index (χ1n) is 9.78. The molecule has 3 rings (SSSR count). The van der Waals surface area contributed by atoms with Crippen LogP contribution in [-0.4, -0.2) is 76.8 Å². The molecule has 2 aromatic rings. The number of β-amino-alcohol motifs (C(OH)–C–C–N with tert-alkyl or cyclic N) is 1. The van der Waals surface area contributed by atoms with Crippen molar-refractivity contribution in [1.29, 1.82) is 0 Å². The zero-order valence-corrected chi connectivity index (χ0v) is 18.6. The van der Waals surface area contributed by atoms with Crippen LogP contribution in [0.2, 0.25) is 0 Å². The maximum Gasteiger partial charge on any atom is 0.203 e. The number of aliphatic hydroxyl groups is 1. The van der Waals surface area contributed by atoms with Gasteiger partial charge in [-0.3, -0.25) is 4.90 Å². The quantitative estimate of drug-likeness (QED) is 0.645. The SMILES string of the molecule is COc1ccccc1N1CCN(CC(O)COc2c(OC)cccc2OC)CC1.Cl. The second kappa shape index (κ2) is 11.7. The van der Waals surface area contributed by atoms with Gasteiger partial charge in [-0.05, 0) is 24.3 Å². The molecule has 0 aliphatic carbocycles. The first kappa shape index (κ1) is 23.9. The van der Waals surface area contributed by atoms with Crippen LogP contribution in [0, 0.1) is 0 Å². The summed E-state index contributed by atoms with van der Waals surface area (Å²) in [6.45, 7) is 4.23. The Balaban J connectivity index is 0.00000320. The summed E-state index contributed by atoms with van der Waals surface area (Å²) in [6.07, 6.45) is -0.609. The number of nitrogens with zero attached hydrogens (tertiary/aromatic N) is 2. The Bertz CT molecular complexity index is 762. The van der Waals surface area contributed by atoms with Gasteiger partial charge in [0.05, 0.1) is 27.0 Å². The van der Waals surface area contributed by atoms with Crippen LogP contribution < -0.4 is 23.8 Å². The number of hydrogen-bond donors (Lipinski definition) is 1. The van der Waals surface area contributed by atoms with E-state index in [2.05, 4.69) is 15.9 Å². The first-order chi connectivity index (χ1) is 14.2. The number of benzene rings is 2. The second-order valence-electron chi connectivity index (χ2n) is 6.92. The zero-order chi connectivity index (χ0) is 20.6. The van der Waals surface area contributed by atoms with Crippen molar-refractivity contribution in [3.05, 3.63) is 42.5 Å². The van der Waals surface area contributed by atoms with Crippen LogP contribution >= 0.6 is 12.4 Å². The Morgan fingerprint density at radius 3 is 2.00 bits per heavy atom. The van der Waals surface area contributed by atoms with Gasteiger partial charge in [0.25, 0.3) is 0 Å². The maximum absolute atomic E-state index is 10.5. The minimum absolute atomic E-state index is 0. The molecule has 1 fully saturated rings. The number of rotatable bonds is 9. The number of methoxy groups -OCH3 is 3. The lowest BCUT2D eigenvalue weighted by Crippen LogP contribution is -2.49. The fourth-order valence-corrected chi connectivity index (χ4v) is 3.55. The molecule has 30 heavy (non-hydrogen) atoms. The van der Waals surface area contributed by atoms with E-state index in [0.29, 0.717) is 23.8 Å². The highest BCUT2D eigenvalue weighted by molar-refractivity contribution is 5.85. The van der Waals surface area contributed by atoms with Crippen LogP contribution in [0.15, 0.2) is 42.5 Å². The molecule has 1 aliphatic heterocycles. The molecule has 1 saturated heterocycles. The average molecular weight is 439 g/mol. The molecule has 0 bridgehead atoms. The minimum Gasteiger partial charge on any atom is -0.495 e. The third-order valence-corrected chi connectivity index (χ3v) is 5.07. The highest BCUT2D eigenvalue weighted by Crippen LogP contribution is 2.36. The highest BCUT2D eigenvalue weighted by Gasteiger charge is 2.22. The molecule has 0 spiro atoms. The van der Waals surface area contributed by atoms with Crippen molar-refractivity contribution in [2.45, 2.75) is 6.10 Å².